The first-order valence-corrected chi connectivity index (χ1v) is 13.6. The van der Waals surface area contributed by atoms with Gasteiger partial charge in [0.05, 0.1) is 27.3 Å². The van der Waals surface area contributed by atoms with Crippen LogP contribution in [0.25, 0.3) is 0 Å². The maximum absolute atomic E-state index is 13.7. The fraction of sp³-hybridized carbons (Fsp3) is 0.200. The van der Waals surface area contributed by atoms with Crippen LogP contribution in [0.15, 0.2) is 78.4 Å². The molecule has 0 saturated carbocycles. The molecule has 1 saturated heterocycles. The number of amides is 3. The quantitative estimate of drug-likeness (QED) is 0.0969. The molecule has 5 rings (SSSR count). The maximum Gasteiger partial charge on any atom is 0.274 e. The number of fused-ring (bicyclic) bond motifs is 1. The van der Waals surface area contributed by atoms with Crippen molar-refractivity contribution >= 4 is 52.4 Å². The van der Waals surface area contributed by atoms with Crippen LogP contribution in [0.2, 0.25) is 10.0 Å². The van der Waals surface area contributed by atoms with Gasteiger partial charge in [0.25, 0.3) is 23.4 Å². The molecule has 1 aliphatic heterocycles. The smallest absolute Gasteiger partial charge is 0.274 e. The fourth-order valence-electron chi connectivity index (χ4n) is 5.00. The lowest BCUT2D eigenvalue weighted by Crippen LogP contribution is -2.52. The van der Waals surface area contributed by atoms with Crippen LogP contribution in [0, 0.1) is 22.0 Å². The number of allylic oxidation sites excluding steroid dienone is 2. The van der Waals surface area contributed by atoms with E-state index in [-0.39, 0.29) is 26.9 Å². The maximum atomic E-state index is 13.7. The van der Waals surface area contributed by atoms with Crippen LogP contribution in [0.1, 0.15) is 40.5 Å². The summed E-state index contributed by atoms with van der Waals surface area (Å²) >= 11 is 12.3. The summed E-state index contributed by atoms with van der Waals surface area (Å²) in [5.74, 6) is -2.96. The van der Waals surface area contributed by atoms with E-state index < -0.39 is 46.8 Å². The zero-order valence-corrected chi connectivity index (χ0v) is 23.7. The van der Waals surface area contributed by atoms with E-state index in [1.165, 1.54) is 66.7 Å². The Bertz CT molecular complexity index is 1640. The third-order valence-corrected chi connectivity index (χ3v) is 7.74. The van der Waals surface area contributed by atoms with Crippen molar-refractivity contribution in [1.82, 2.24) is 10.0 Å². The highest BCUT2D eigenvalue weighted by Gasteiger charge is 2.52. The number of nitrogens with zero attached hydrogens (tertiary/aromatic N) is 3. The minimum atomic E-state index is -0.798. The summed E-state index contributed by atoms with van der Waals surface area (Å²) in [5, 5.41) is 12.8. The van der Waals surface area contributed by atoms with Crippen LogP contribution in [-0.2, 0) is 9.59 Å². The lowest BCUT2D eigenvalue weighted by Gasteiger charge is -2.30. The number of rotatable bonds is 8. The number of ketones is 1. The lowest BCUT2D eigenvalue weighted by molar-refractivity contribution is -0.384. The van der Waals surface area contributed by atoms with E-state index in [9.17, 15) is 29.3 Å². The van der Waals surface area contributed by atoms with Gasteiger partial charge in [0.15, 0.2) is 5.78 Å². The third-order valence-electron chi connectivity index (χ3n) is 7.19. The molecular weight excluding hydrogens is 585 g/mol. The summed E-state index contributed by atoms with van der Waals surface area (Å²) in [4.78, 5) is 64.4. The van der Waals surface area contributed by atoms with Gasteiger partial charge in [-0.2, -0.15) is 5.01 Å². The Labute approximate surface area is 250 Å². The number of imide groups is 1. The second-order valence-electron chi connectivity index (χ2n) is 9.98. The number of nitro benzene ring substituents is 1. The topological polar surface area (TPSA) is 127 Å². The second kappa shape index (κ2) is 11.8. The monoisotopic (exact) mass is 607 g/mol. The highest BCUT2D eigenvalue weighted by Crippen LogP contribution is 2.39. The van der Waals surface area contributed by atoms with E-state index in [0.717, 1.165) is 15.6 Å². The first kappa shape index (κ1) is 29.0. The van der Waals surface area contributed by atoms with Crippen molar-refractivity contribution < 1.29 is 28.8 Å². The van der Waals surface area contributed by atoms with Crippen molar-refractivity contribution in [3.63, 3.8) is 0 Å². The average molecular weight is 608 g/mol. The predicted octanol–water partition coefficient (Wildman–Crippen LogP) is 6.28. The van der Waals surface area contributed by atoms with E-state index in [1.54, 1.807) is 0 Å². The molecule has 3 aromatic carbocycles. The summed E-state index contributed by atoms with van der Waals surface area (Å²) in [6.07, 6.45) is 2.66. The molecule has 0 unspecified atom stereocenters. The van der Waals surface area contributed by atoms with E-state index in [2.05, 4.69) is 0 Å². The van der Waals surface area contributed by atoms with Gasteiger partial charge in [-0.05, 0) is 74.4 Å². The Kier molecular flexibility index (Phi) is 8.11. The number of carbonyl (C=O) groups is 4. The van der Waals surface area contributed by atoms with Gasteiger partial charge in [-0.3, -0.25) is 29.3 Å². The first-order chi connectivity index (χ1) is 20.0. The van der Waals surface area contributed by atoms with Gasteiger partial charge in [-0.15, -0.1) is 0 Å². The number of halogens is 2. The number of benzene rings is 3. The number of hydrogen-bond donors (Lipinski definition) is 0. The summed E-state index contributed by atoms with van der Waals surface area (Å²) < 4.78 is 5.69. The molecule has 0 bridgehead atoms. The van der Waals surface area contributed by atoms with E-state index in [4.69, 9.17) is 27.9 Å². The van der Waals surface area contributed by atoms with Crippen LogP contribution in [0.4, 0.5) is 5.69 Å². The standard InChI is InChI=1S/C30H23Cl2N3O7/c1-17-2-12-23-25(14-17)30(39)34(29(23)38)33(28(37)24-13-5-19(31)15-26(24)32)16-27(36)18-3-8-21(9-4-18)42-22-10-6-20(7-11-22)35(40)41/h2-11,13,15,23,25H,12,14,16H2,1H3/t23-,25-/m1/s1. The molecule has 0 spiro atoms. The van der Waals surface area contributed by atoms with Gasteiger partial charge < -0.3 is 4.74 Å². The van der Waals surface area contributed by atoms with Gasteiger partial charge in [-0.25, -0.2) is 5.01 Å². The highest BCUT2D eigenvalue weighted by molar-refractivity contribution is 6.36. The molecule has 1 fully saturated rings. The Morgan fingerprint density at radius 3 is 2.21 bits per heavy atom. The highest BCUT2D eigenvalue weighted by atomic mass is 35.5. The zero-order chi connectivity index (χ0) is 30.1. The molecule has 12 heteroatoms. The van der Waals surface area contributed by atoms with Crippen molar-refractivity contribution in [2.45, 2.75) is 19.8 Å². The fourth-order valence-corrected chi connectivity index (χ4v) is 5.49. The Morgan fingerprint density at radius 2 is 1.60 bits per heavy atom. The lowest BCUT2D eigenvalue weighted by atomic mass is 9.82. The second-order valence-corrected chi connectivity index (χ2v) is 10.8. The molecule has 2 aliphatic rings. The SMILES string of the molecule is CC1=CC[C@H]2C(=O)N(N(CC(=O)c3ccc(Oc4ccc([N+](=O)[O-])cc4)cc3)C(=O)c3ccc(Cl)cc3Cl)C(=O)[C@@H]2C1. The third kappa shape index (κ3) is 5.77. The van der Waals surface area contributed by atoms with Crippen LogP contribution < -0.4 is 4.74 Å². The molecule has 2 atom stereocenters. The minimum Gasteiger partial charge on any atom is -0.457 e. The van der Waals surface area contributed by atoms with Gasteiger partial charge in [0, 0.05) is 22.7 Å². The number of hydrogen-bond acceptors (Lipinski definition) is 7. The summed E-state index contributed by atoms with van der Waals surface area (Å²) in [6, 6.07) is 15.7. The van der Waals surface area contributed by atoms with Crippen LogP contribution in [0.5, 0.6) is 11.5 Å². The van der Waals surface area contributed by atoms with E-state index in [0.29, 0.717) is 24.3 Å². The summed E-state index contributed by atoms with van der Waals surface area (Å²) in [5.41, 5.74) is 1.07. The van der Waals surface area contributed by atoms with Gasteiger partial charge in [0.1, 0.15) is 18.0 Å². The number of ether oxygens (including phenoxy) is 1. The minimum absolute atomic E-state index is 0.00622. The molecule has 42 heavy (non-hydrogen) atoms. The number of nitro groups is 1. The Hall–Kier alpha value is -4.54. The molecule has 3 aromatic rings. The molecule has 1 aliphatic carbocycles. The van der Waals surface area contributed by atoms with Gasteiger partial charge in [-0.1, -0.05) is 34.9 Å². The molecule has 0 radical (unpaired) electrons. The number of Topliss-reactive ketones (excluding diaryl/α,β-unsaturated/α-hetero) is 1. The summed E-state index contributed by atoms with van der Waals surface area (Å²) in [7, 11) is 0. The van der Waals surface area contributed by atoms with Crippen LogP contribution >= 0.6 is 23.2 Å². The van der Waals surface area contributed by atoms with Crippen molar-refractivity contribution in [2.24, 2.45) is 11.8 Å². The van der Waals surface area contributed by atoms with E-state index >= 15 is 0 Å². The van der Waals surface area contributed by atoms with Crippen molar-refractivity contribution in [3.8, 4) is 11.5 Å². The Balaban J connectivity index is 1.39. The van der Waals surface area contributed by atoms with E-state index in [1.807, 2.05) is 13.0 Å². The predicted molar refractivity (Wildman–Crippen MR) is 153 cm³/mol. The van der Waals surface area contributed by atoms with Gasteiger partial charge >= 0.3 is 0 Å². The largest absolute Gasteiger partial charge is 0.457 e. The van der Waals surface area contributed by atoms with Crippen molar-refractivity contribution in [3.05, 3.63) is 110 Å². The van der Waals surface area contributed by atoms with Gasteiger partial charge in [0.2, 0.25) is 0 Å². The number of carbonyl (C=O) groups excluding carboxylic acids is 4. The summed E-state index contributed by atoms with van der Waals surface area (Å²) in [6.45, 7) is 1.27. The Morgan fingerprint density at radius 1 is 0.976 bits per heavy atom. The van der Waals surface area contributed by atoms with Crippen LogP contribution in [0.3, 0.4) is 0 Å². The molecule has 0 N–H and O–H groups in total. The molecule has 0 aromatic heterocycles. The molecule has 1 heterocycles. The molecule has 3 amide bonds. The first-order valence-electron chi connectivity index (χ1n) is 12.9. The van der Waals surface area contributed by atoms with Crippen LogP contribution in [-0.4, -0.2) is 45.0 Å². The van der Waals surface area contributed by atoms with Crippen molar-refractivity contribution in [2.75, 3.05) is 6.54 Å². The normalized spacial score (nSPS) is 17.9. The average Bonchev–Trinajstić information content (AvgIpc) is 3.20. The number of hydrazine groups is 1. The number of non-ortho nitro benzene ring substituents is 1. The zero-order valence-electron chi connectivity index (χ0n) is 22.2. The molecular formula is C30H23Cl2N3O7. The van der Waals surface area contributed by atoms with Crippen molar-refractivity contribution in [1.29, 1.82) is 0 Å². The molecule has 214 valence electrons. The molecule has 10 nitrogen and oxygen atoms in total.